The molecule has 0 unspecified atom stereocenters. The third-order valence-corrected chi connectivity index (χ3v) is 14.9. The van der Waals surface area contributed by atoms with E-state index in [1.807, 2.05) is 115 Å². The van der Waals surface area contributed by atoms with Crippen molar-refractivity contribution in [2.45, 2.75) is 143 Å². The lowest BCUT2D eigenvalue weighted by Crippen LogP contribution is -2.58. The number of urea groups is 2. The van der Waals surface area contributed by atoms with Crippen molar-refractivity contribution in [2.75, 3.05) is 70.0 Å². The number of aromatic nitrogens is 8. The Morgan fingerprint density at radius 3 is 1.44 bits per heavy atom. The zero-order valence-electron chi connectivity index (χ0n) is 49.3. The molecule has 10 rings (SSSR count). The maximum absolute atomic E-state index is 12.5. The van der Waals surface area contributed by atoms with Crippen molar-refractivity contribution in [3.05, 3.63) is 108 Å². The van der Waals surface area contributed by atoms with Crippen LogP contribution in [0.4, 0.5) is 37.7 Å². The summed E-state index contributed by atoms with van der Waals surface area (Å²) in [6, 6.07) is 16.6. The summed E-state index contributed by atoms with van der Waals surface area (Å²) in [4.78, 5) is 63.3. The lowest BCUT2D eigenvalue weighted by atomic mass is 10.0. The number of hydrogen-bond donors (Lipinski definition) is 4. The van der Waals surface area contributed by atoms with Crippen LogP contribution in [0.25, 0.3) is 22.5 Å². The van der Waals surface area contributed by atoms with Gasteiger partial charge in [-0.3, -0.25) is 9.36 Å². The molecule has 4 saturated heterocycles. The highest BCUT2D eigenvalue weighted by Gasteiger charge is 2.33. The number of amides is 5. The Morgan fingerprint density at radius 2 is 1.04 bits per heavy atom. The van der Waals surface area contributed by atoms with Gasteiger partial charge < -0.3 is 55.1 Å². The minimum atomic E-state index is -0.501. The highest BCUT2D eigenvalue weighted by Crippen LogP contribution is 2.29. The number of benzene rings is 2. The van der Waals surface area contributed by atoms with Gasteiger partial charge in [-0.1, -0.05) is 24.3 Å². The van der Waals surface area contributed by atoms with Crippen LogP contribution in [-0.4, -0.2) is 167 Å². The number of anilines is 4. The summed E-state index contributed by atoms with van der Waals surface area (Å²) in [6.07, 6.45) is 15.3. The van der Waals surface area contributed by atoms with Crippen molar-refractivity contribution in [2.24, 2.45) is 0 Å². The van der Waals surface area contributed by atoms with Gasteiger partial charge in [0.25, 0.3) is 0 Å². The number of nitrogens with zero attached hydrogens (tertiary/aromatic N) is 12. The minimum absolute atomic E-state index is 0.0530. The van der Waals surface area contributed by atoms with E-state index in [2.05, 4.69) is 77.1 Å². The number of rotatable bonds is 16. The first kappa shape index (κ1) is 58.9. The number of likely N-dealkylation sites (tertiary alicyclic amines) is 4. The average molecular weight is 1120 g/mol. The Hall–Kier alpha value is -7.69. The average Bonchev–Trinajstić information content (AvgIpc) is 4.26. The molecule has 2 aromatic carbocycles. The number of aryl methyl sites for hydroxylation is 2. The third kappa shape index (κ3) is 16.1. The van der Waals surface area contributed by atoms with Gasteiger partial charge in [-0.05, 0) is 155 Å². The third-order valence-electron chi connectivity index (χ3n) is 14.9. The van der Waals surface area contributed by atoms with E-state index in [0.717, 1.165) is 94.9 Å². The molecule has 0 atom stereocenters. The molecule has 4 N–H and O–H groups in total. The van der Waals surface area contributed by atoms with Crippen molar-refractivity contribution in [1.82, 2.24) is 69.7 Å². The smallest absolute Gasteiger partial charge is 0.410 e. The fourth-order valence-corrected chi connectivity index (χ4v) is 10.3. The highest BCUT2D eigenvalue weighted by atomic mass is 16.6. The molecule has 4 aromatic heterocycles. The molecule has 4 aliphatic heterocycles. The number of ether oxygens (including phenoxy) is 3. The molecular weight excluding hydrogens is 1040 g/mol. The van der Waals surface area contributed by atoms with Crippen LogP contribution in [0.15, 0.2) is 85.7 Å². The number of piperidine rings is 2. The van der Waals surface area contributed by atoms with Crippen LogP contribution in [0.3, 0.4) is 0 Å². The second-order valence-corrected chi connectivity index (χ2v) is 23.5. The molecule has 0 saturated carbocycles. The molecule has 0 aliphatic carbocycles. The SMILES string of the molecule is Cc1cc(-c2ccnc(Nc3cnn(C4CCN(C(=O)OC(C)(C)C)CC4)c3)n2)ccc1CNC(=O)N1CC(OC(C)C)C1.Cc1cc(-c2ccnc(Nc3cnn(C4CCN(C)CC4)c3)n2)ccc1CNC(=O)N1CC(OC(C)C)C1. The zero-order chi connectivity index (χ0) is 58.1. The lowest BCUT2D eigenvalue weighted by molar-refractivity contribution is -0.0642. The monoisotopic (exact) mass is 1120 g/mol. The quantitative estimate of drug-likeness (QED) is 0.0708. The van der Waals surface area contributed by atoms with Gasteiger partial charge in [-0.25, -0.2) is 34.3 Å². The molecule has 0 radical (unpaired) electrons. The Morgan fingerprint density at radius 1 is 0.610 bits per heavy atom. The van der Waals surface area contributed by atoms with E-state index >= 15 is 0 Å². The van der Waals surface area contributed by atoms with Gasteiger partial charge in [0.2, 0.25) is 11.9 Å². The summed E-state index contributed by atoms with van der Waals surface area (Å²) in [5.74, 6) is 1.01. The molecule has 5 amide bonds. The molecule has 0 spiro atoms. The molecule has 0 bridgehead atoms. The van der Waals surface area contributed by atoms with Crippen LogP contribution in [-0.2, 0) is 27.3 Å². The second-order valence-electron chi connectivity index (χ2n) is 23.5. The van der Waals surface area contributed by atoms with Gasteiger partial charge in [0.1, 0.15) is 5.60 Å². The van der Waals surface area contributed by atoms with Crippen LogP contribution in [0.2, 0.25) is 0 Å². The maximum Gasteiger partial charge on any atom is 0.410 e. The van der Waals surface area contributed by atoms with Gasteiger partial charge in [-0.15, -0.1) is 0 Å². The number of carbonyl (C=O) groups is 3. The molecule has 438 valence electrons. The summed E-state index contributed by atoms with van der Waals surface area (Å²) >= 11 is 0. The zero-order valence-corrected chi connectivity index (χ0v) is 49.3. The Balaban J connectivity index is 0.000000200. The molecule has 22 heteroatoms. The van der Waals surface area contributed by atoms with Crippen LogP contribution >= 0.6 is 0 Å². The van der Waals surface area contributed by atoms with Gasteiger partial charge in [0.05, 0.1) is 97.8 Å². The number of carbonyl (C=O) groups excluding carboxylic acids is 3. The normalized spacial score (nSPS) is 16.6. The highest BCUT2D eigenvalue weighted by molar-refractivity contribution is 5.76. The van der Waals surface area contributed by atoms with E-state index in [0.29, 0.717) is 70.3 Å². The molecule has 4 fully saturated rings. The fourth-order valence-electron chi connectivity index (χ4n) is 10.3. The van der Waals surface area contributed by atoms with Gasteiger partial charge in [0.15, 0.2) is 0 Å². The van der Waals surface area contributed by atoms with Gasteiger partial charge >= 0.3 is 18.2 Å². The predicted molar refractivity (Wildman–Crippen MR) is 315 cm³/mol. The van der Waals surface area contributed by atoms with Gasteiger partial charge in [0, 0.05) is 62.1 Å². The van der Waals surface area contributed by atoms with Crippen molar-refractivity contribution < 1.29 is 28.6 Å². The van der Waals surface area contributed by atoms with Crippen LogP contribution in [0.1, 0.15) is 108 Å². The van der Waals surface area contributed by atoms with Crippen LogP contribution < -0.4 is 21.3 Å². The van der Waals surface area contributed by atoms with Crippen molar-refractivity contribution in [3.63, 3.8) is 0 Å². The fraction of sp³-hybridized carbons (Fsp3) is 0.517. The molecule has 82 heavy (non-hydrogen) atoms. The van der Waals surface area contributed by atoms with Gasteiger partial charge in [-0.2, -0.15) is 10.2 Å². The standard InChI is InChI=1S/C32H44N8O4.C28H38N8O2/c1-21(2)43-27-19-39(20-27)30(41)34-16-24-8-7-23(15-22(24)3)28-9-12-33-29(37-28)36-25-17-35-40(18-25)26-10-13-38(14-11-26)31(42)44-32(4,5)6;1-19(2)38-25-17-35(18-25)28(37)30-14-22-6-5-21(13-20(22)3)26-7-10-29-27(33-26)32-23-15-31-36(16-23)24-8-11-34(4)12-9-24/h7-9,12,15,17-18,21,26-27H,10-11,13-14,16,19-20H2,1-6H3,(H,34,41)(H,33,36,37);5-7,10,13,15-16,19,24-25H,8-9,11-12,14,17-18H2,1-4H3,(H,30,37)(H,29,32,33). The molecule has 4 aliphatic rings. The van der Waals surface area contributed by atoms with Crippen molar-refractivity contribution in [1.29, 1.82) is 0 Å². The number of hydrogen-bond acceptors (Lipinski definition) is 15. The summed E-state index contributed by atoms with van der Waals surface area (Å²) in [5, 5.41) is 21.7. The van der Waals surface area contributed by atoms with E-state index in [1.54, 1.807) is 33.3 Å². The summed E-state index contributed by atoms with van der Waals surface area (Å²) in [6.45, 7) is 24.7. The molecular formula is C60H82N16O6. The van der Waals surface area contributed by atoms with Crippen LogP contribution in [0.5, 0.6) is 0 Å². The lowest BCUT2D eigenvalue weighted by Gasteiger charge is -2.39. The minimum Gasteiger partial charge on any atom is -0.444 e. The van der Waals surface area contributed by atoms with Crippen LogP contribution in [0, 0.1) is 13.8 Å². The predicted octanol–water partition coefficient (Wildman–Crippen LogP) is 9.26. The Labute approximate surface area is 481 Å². The molecule has 8 heterocycles. The van der Waals surface area contributed by atoms with E-state index in [9.17, 15) is 14.4 Å². The summed E-state index contributed by atoms with van der Waals surface area (Å²) < 4.78 is 21.0. The molecule has 22 nitrogen and oxygen atoms in total. The Kier molecular flexibility index (Phi) is 19.0. The molecule has 6 aromatic rings. The maximum atomic E-state index is 12.5. The van der Waals surface area contributed by atoms with E-state index in [1.165, 1.54) is 0 Å². The van der Waals surface area contributed by atoms with Crippen molar-refractivity contribution >= 4 is 41.4 Å². The first-order chi connectivity index (χ1) is 39.3. The van der Waals surface area contributed by atoms with E-state index in [4.69, 9.17) is 24.2 Å². The summed E-state index contributed by atoms with van der Waals surface area (Å²) in [5.41, 5.74) is 9.06. The second kappa shape index (κ2) is 26.5. The largest absolute Gasteiger partial charge is 0.444 e. The van der Waals surface area contributed by atoms with Crippen molar-refractivity contribution in [3.8, 4) is 22.5 Å². The van der Waals surface area contributed by atoms with E-state index in [-0.39, 0.29) is 48.6 Å². The topological polar surface area (TPSA) is 227 Å². The number of nitrogens with one attached hydrogen (secondary N) is 4. The summed E-state index contributed by atoms with van der Waals surface area (Å²) in [7, 11) is 2.16. The Bertz CT molecular complexity index is 3110. The van der Waals surface area contributed by atoms with E-state index < -0.39 is 5.60 Å². The first-order valence-electron chi connectivity index (χ1n) is 28.8. The first-order valence-corrected chi connectivity index (χ1v) is 28.8.